The van der Waals surface area contributed by atoms with Crippen LogP contribution < -0.4 is 0 Å². The number of rotatable bonds is 4. The monoisotopic (exact) mass is 237 g/mol. The summed E-state index contributed by atoms with van der Waals surface area (Å²) >= 11 is 0. The fraction of sp³-hybridized carbons (Fsp3) is 0.444. The van der Waals surface area contributed by atoms with E-state index in [2.05, 4.69) is 0 Å². The van der Waals surface area contributed by atoms with E-state index in [1.54, 1.807) is 0 Å². The second-order valence-corrected chi connectivity index (χ2v) is 3.12. The summed E-state index contributed by atoms with van der Waals surface area (Å²) in [6.45, 7) is 0.387. The van der Waals surface area contributed by atoms with Crippen molar-refractivity contribution in [1.82, 2.24) is 4.57 Å². The molecule has 0 radical (unpaired) electrons. The topological polar surface area (TPSA) is 51.5 Å². The van der Waals surface area contributed by atoms with Crippen molar-refractivity contribution in [1.29, 1.82) is 0 Å². The number of alkyl halides is 3. The highest BCUT2D eigenvalue weighted by Gasteiger charge is 2.36. The number of halogens is 3. The summed E-state index contributed by atoms with van der Waals surface area (Å²) in [6.07, 6.45) is -2.95. The summed E-state index contributed by atoms with van der Waals surface area (Å²) in [6, 6.07) is 0. The molecule has 90 valence electrons. The molecular formula is C9H10F3NO3. The maximum Gasteiger partial charge on any atom is 0.418 e. The Hall–Kier alpha value is -1.50. The lowest BCUT2D eigenvalue weighted by molar-refractivity contribution is -0.138. The molecule has 0 spiro atoms. The first-order valence-electron chi connectivity index (χ1n) is 4.35. The average Bonchev–Trinajstić information content (AvgIpc) is 2.58. The third-order valence-corrected chi connectivity index (χ3v) is 1.97. The minimum atomic E-state index is -4.66. The molecule has 0 fully saturated rings. The first-order valence-corrected chi connectivity index (χ1v) is 4.35. The van der Waals surface area contributed by atoms with Crippen molar-refractivity contribution in [2.45, 2.75) is 12.7 Å². The minimum Gasteiger partial charge on any atom is -0.478 e. The van der Waals surface area contributed by atoms with Gasteiger partial charge >= 0.3 is 12.1 Å². The van der Waals surface area contributed by atoms with Gasteiger partial charge in [-0.2, -0.15) is 13.2 Å². The van der Waals surface area contributed by atoms with Gasteiger partial charge in [0.05, 0.1) is 17.7 Å². The maximum atomic E-state index is 12.4. The largest absolute Gasteiger partial charge is 0.478 e. The summed E-state index contributed by atoms with van der Waals surface area (Å²) in [4.78, 5) is 10.6. The fourth-order valence-electron chi connectivity index (χ4n) is 1.23. The third-order valence-electron chi connectivity index (χ3n) is 1.97. The van der Waals surface area contributed by atoms with E-state index in [-0.39, 0.29) is 13.2 Å². The normalized spacial score (nSPS) is 11.8. The van der Waals surface area contributed by atoms with Crippen LogP contribution in [-0.2, 0) is 17.5 Å². The van der Waals surface area contributed by atoms with Crippen LogP contribution in [0.15, 0.2) is 12.4 Å². The number of carboxylic acids is 1. The Morgan fingerprint density at radius 1 is 1.50 bits per heavy atom. The molecule has 1 aromatic rings. The summed E-state index contributed by atoms with van der Waals surface area (Å²) in [7, 11) is 1.41. The first-order chi connectivity index (χ1) is 7.36. The van der Waals surface area contributed by atoms with E-state index in [1.807, 2.05) is 0 Å². The molecule has 1 aromatic heterocycles. The number of carbonyl (C=O) groups is 1. The van der Waals surface area contributed by atoms with E-state index < -0.39 is 23.3 Å². The van der Waals surface area contributed by atoms with Crippen LogP contribution in [0.4, 0.5) is 13.2 Å². The molecule has 0 aliphatic heterocycles. The smallest absolute Gasteiger partial charge is 0.418 e. The number of aromatic carboxylic acids is 1. The Labute approximate surface area is 89.2 Å². The van der Waals surface area contributed by atoms with Crippen molar-refractivity contribution in [3.63, 3.8) is 0 Å². The standard InChI is InChI=1S/C9H10F3NO3/c1-16-3-2-13-4-6(8(14)15)7(5-13)9(10,11)12/h4-5H,2-3H2,1H3,(H,14,15). The van der Waals surface area contributed by atoms with E-state index in [1.165, 1.54) is 7.11 Å². The highest BCUT2D eigenvalue weighted by Crippen LogP contribution is 2.32. The van der Waals surface area contributed by atoms with Crippen LogP contribution in [0.2, 0.25) is 0 Å². The van der Waals surface area contributed by atoms with Gasteiger partial charge in [0.25, 0.3) is 0 Å². The van der Waals surface area contributed by atoms with Crippen LogP contribution in [0.1, 0.15) is 15.9 Å². The molecule has 0 bridgehead atoms. The van der Waals surface area contributed by atoms with Gasteiger partial charge in [-0.15, -0.1) is 0 Å². The number of methoxy groups -OCH3 is 1. The summed E-state index contributed by atoms with van der Waals surface area (Å²) < 4.78 is 43.1. The number of hydrogen-bond acceptors (Lipinski definition) is 2. The van der Waals surface area contributed by atoms with Gasteiger partial charge in [0.15, 0.2) is 0 Å². The van der Waals surface area contributed by atoms with E-state index in [0.717, 1.165) is 17.0 Å². The molecule has 0 aliphatic rings. The minimum absolute atomic E-state index is 0.173. The van der Waals surface area contributed by atoms with Gasteiger partial charge in [-0.3, -0.25) is 0 Å². The molecule has 16 heavy (non-hydrogen) atoms. The van der Waals surface area contributed by atoms with E-state index in [4.69, 9.17) is 9.84 Å². The predicted molar refractivity (Wildman–Crippen MR) is 48.3 cm³/mol. The fourth-order valence-corrected chi connectivity index (χ4v) is 1.23. The van der Waals surface area contributed by atoms with Gasteiger partial charge in [0.2, 0.25) is 0 Å². The molecular weight excluding hydrogens is 227 g/mol. The van der Waals surface area contributed by atoms with Crippen molar-refractivity contribution in [2.24, 2.45) is 0 Å². The molecule has 0 amide bonds. The van der Waals surface area contributed by atoms with Crippen molar-refractivity contribution in [3.05, 3.63) is 23.5 Å². The number of aromatic nitrogens is 1. The molecule has 1 N–H and O–H groups in total. The van der Waals surface area contributed by atoms with Crippen molar-refractivity contribution in [2.75, 3.05) is 13.7 Å². The van der Waals surface area contributed by atoms with Gasteiger partial charge in [0.1, 0.15) is 0 Å². The molecule has 1 heterocycles. The van der Waals surface area contributed by atoms with Gasteiger partial charge < -0.3 is 14.4 Å². The zero-order valence-electron chi connectivity index (χ0n) is 8.41. The molecule has 0 atom stereocenters. The highest BCUT2D eigenvalue weighted by molar-refractivity contribution is 5.89. The predicted octanol–water partition coefficient (Wildman–Crippen LogP) is 1.85. The maximum absolute atomic E-state index is 12.4. The van der Waals surface area contributed by atoms with E-state index in [9.17, 15) is 18.0 Å². The quantitative estimate of drug-likeness (QED) is 0.869. The lowest BCUT2D eigenvalue weighted by Crippen LogP contribution is -2.09. The molecule has 0 unspecified atom stereocenters. The molecule has 0 saturated carbocycles. The Morgan fingerprint density at radius 2 is 2.12 bits per heavy atom. The second-order valence-electron chi connectivity index (χ2n) is 3.12. The van der Waals surface area contributed by atoms with E-state index in [0.29, 0.717) is 0 Å². The summed E-state index contributed by atoms with van der Waals surface area (Å²) in [5, 5.41) is 8.62. The lowest BCUT2D eigenvalue weighted by Gasteiger charge is -2.04. The van der Waals surface area contributed by atoms with Crippen molar-refractivity contribution < 1.29 is 27.8 Å². The molecule has 7 heteroatoms. The Morgan fingerprint density at radius 3 is 2.50 bits per heavy atom. The van der Waals surface area contributed by atoms with Crippen LogP contribution in [0.25, 0.3) is 0 Å². The molecule has 1 rings (SSSR count). The molecule has 0 aliphatic carbocycles. The second kappa shape index (κ2) is 4.56. The van der Waals surface area contributed by atoms with E-state index >= 15 is 0 Å². The van der Waals surface area contributed by atoms with Crippen LogP contribution in [0.5, 0.6) is 0 Å². The number of ether oxygens (including phenoxy) is 1. The van der Waals surface area contributed by atoms with Crippen LogP contribution >= 0.6 is 0 Å². The summed E-state index contributed by atoms with van der Waals surface area (Å²) in [5.74, 6) is -1.59. The molecule has 4 nitrogen and oxygen atoms in total. The first kappa shape index (κ1) is 12.6. The van der Waals surface area contributed by atoms with Gasteiger partial charge in [-0.05, 0) is 0 Å². The average molecular weight is 237 g/mol. The van der Waals surface area contributed by atoms with Gasteiger partial charge in [-0.25, -0.2) is 4.79 Å². The van der Waals surface area contributed by atoms with Crippen LogP contribution in [0.3, 0.4) is 0 Å². The highest BCUT2D eigenvalue weighted by atomic mass is 19.4. The number of carboxylic acid groups (broad SMARTS) is 1. The molecule has 0 saturated heterocycles. The van der Waals surface area contributed by atoms with Crippen LogP contribution in [0, 0.1) is 0 Å². The zero-order valence-corrected chi connectivity index (χ0v) is 8.41. The molecule has 0 aromatic carbocycles. The summed E-state index contributed by atoms with van der Waals surface area (Å²) in [5.41, 5.74) is -1.89. The van der Waals surface area contributed by atoms with Crippen molar-refractivity contribution >= 4 is 5.97 Å². The number of nitrogens with zero attached hydrogens (tertiary/aromatic N) is 1. The van der Waals surface area contributed by atoms with Gasteiger partial charge in [-0.1, -0.05) is 0 Å². The van der Waals surface area contributed by atoms with Gasteiger partial charge in [0, 0.05) is 26.0 Å². The Kier molecular flexibility index (Phi) is 3.58. The Balaban J connectivity index is 3.06. The third kappa shape index (κ3) is 2.75. The zero-order chi connectivity index (χ0) is 12.3. The Bertz CT molecular complexity index is 384. The SMILES string of the molecule is COCCn1cc(C(=O)O)c(C(F)(F)F)c1. The number of hydrogen-bond donors (Lipinski definition) is 1. The van der Waals surface area contributed by atoms with Crippen LogP contribution in [-0.4, -0.2) is 29.4 Å². The lowest BCUT2D eigenvalue weighted by atomic mass is 10.2. The van der Waals surface area contributed by atoms with Crippen molar-refractivity contribution in [3.8, 4) is 0 Å².